The highest BCUT2D eigenvalue weighted by Gasteiger charge is 2.30. The largest absolute Gasteiger partial charge is 0.480 e. The number of primary amides is 1. The second-order valence-corrected chi connectivity index (χ2v) is 7.14. The molecule has 14 heteroatoms. The molecule has 1 rings (SSSR count). The third kappa shape index (κ3) is 9.04. The first-order valence-electron chi connectivity index (χ1n) is 9.31. The SMILES string of the molecule is CC(N)C(=O)NC(CS)C(=O)NC(CCC(N)=O)C(=O)NC(Cc1cnc[nH]1)C(=O)O. The Kier molecular flexibility index (Phi) is 10.5. The van der Waals surface area contributed by atoms with Crippen LogP contribution < -0.4 is 27.4 Å². The summed E-state index contributed by atoms with van der Waals surface area (Å²) in [7, 11) is 0. The summed E-state index contributed by atoms with van der Waals surface area (Å²) in [4.78, 5) is 66.2. The van der Waals surface area contributed by atoms with Gasteiger partial charge in [-0.1, -0.05) is 0 Å². The van der Waals surface area contributed by atoms with Crippen LogP contribution >= 0.6 is 12.6 Å². The molecule has 9 N–H and O–H groups in total. The molecule has 172 valence electrons. The molecule has 0 aliphatic rings. The highest BCUT2D eigenvalue weighted by molar-refractivity contribution is 7.80. The molecule has 0 radical (unpaired) electrons. The summed E-state index contributed by atoms with van der Waals surface area (Å²) in [6.07, 6.45) is 2.27. The molecular formula is C17H27N7O6S. The van der Waals surface area contributed by atoms with Crippen LogP contribution in [0.3, 0.4) is 0 Å². The Morgan fingerprint density at radius 3 is 2.16 bits per heavy atom. The number of H-pyrrole nitrogens is 1. The van der Waals surface area contributed by atoms with Crippen LogP contribution in [0.4, 0.5) is 0 Å². The maximum Gasteiger partial charge on any atom is 0.326 e. The Balaban J connectivity index is 2.90. The van der Waals surface area contributed by atoms with Crippen LogP contribution in [0.15, 0.2) is 12.5 Å². The maximum atomic E-state index is 12.7. The molecule has 0 aromatic carbocycles. The molecule has 0 spiro atoms. The van der Waals surface area contributed by atoms with Gasteiger partial charge in [0.15, 0.2) is 0 Å². The monoisotopic (exact) mass is 457 g/mol. The predicted molar refractivity (Wildman–Crippen MR) is 112 cm³/mol. The van der Waals surface area contributed by atoms with Crippen molar-refractivity contribution in [1.82, 2.24) is 25.9 Å². The number of carboxylic acids is 1. The molecule has 4 atom stereocenters. The van der Waals surface area contributed by atoms with E-state index in [0.717, 1.165) is 0 Å². The van der Waals surface area contributed by atoms with E-state index in [0.29, 0.717) is 5.69 Å². The number of hydrogen-bond donors (Lipinski definition) is 8. The van der Waals surface area contributed by atoms with Crippen LogP contribution in [-0.4, -0.2) is 74.6 Å². The van der Waals surface area contributed by atoms with Crippen molar-refractivity contribution in [3.8, 4) is 0 Å². The van der Waals surface area contributed by atoms with Crippen LogP contribution in [0.1, 0.15) is 25.5 Å². The van der Waals surface area contributed by atoms with E-state index in [1.54, 1.807) is 0 Å². The van der Waals surface area contributed by atoms with Crippen LogP contribution in [-0.2, 0) is 30.4 Å². The first-order chi connectivity index (χ1) is 14.5. The fourth-order valence-electron chi connectivity index (χ4n) is 2.41. The zero-order valence-corrected chi connectivity index (χ0v) is 17.7. The summed E-state index contributed by atoms with van der Waals surface area (Å²) < 4.78 is 0. The Bertz CT molecular complexity index is 786. The summed E-state index contributed by atoms with van der Waals surface area (Å²) in [5, 5.41) is 16.5. The number of nitrogens with zero attached hydrogens (tertiary/aromatic N) is 1. The average Bonchev–Trinajstić information content (AvgIpc) is 3.20. The van der Waals surface area contributed by atoms with Gasteiger partial charge in [0.2, 0.25) is 23.6 Å². The van der Waals surface area contributed by atoms with E-state index in [1.165, 1.54) is 19.4 Å². The van der Waals surface area contributed by atoms with Gasteiger partial charge in [0.1, 0.15) is 18.1 Å². The summed E-state index contributed by atoms with van der Waals surface area (Å²) >= 11 is 4.01. The number of amides is 4. The minimum atomic E-state index is -1.32. The molecule has 0 aliphatic carbocycles. The van der Waals surface area contributed by atoms with Gasteiger partial charge in [-0.15, -0.1) is 0 Å². The quantitative estimate of drug-likeness (QED) is 0.142. The number of rotatable bonds is 13. The predicted octanol–water partition coefficient (Wildman–Crippen LogP) is -2.97. The van der Waals surface area contributed by atoms with Gasteiger partial charge in [-0.25, -0.2) is 9.78 Å². The van der Waals surface area contributed by atoms with E-state index in [2.05, 4.69) is 38.5 Å². The van der Waals surface area contributed by atoms with Crippen LogP contribution in [0, 0.1) is 0 Å². The zero-order valence-electron chi connectivity index (χ0n) is 16.8. The summed E-state index contributed by atoms with van der Waals surface area (Å²) in [6, 6.07) is -4.58. The Hall–Kier alpha value is -3.13. The number of thiol groups is 1. The van der Waals surface area contributed by atoms with Gasteiger partial charge < -0.3 is 37.5 Å². The Morgan fingerprint density at radius 1 is 1.10 bits per heavy atom. The van der Waals surface area contributed by atoms with Crippen molar-refractivity contribution >= 4 is 42.2 Å². The molecule has 0 saturated carbocycles. The van der Waals surface area contributed by atoms with Crippen LogP contribution in [0.2, 0.25) is 0 Å². The number of carboxylic acid groups (broad SMARTS) is 1. The molecule has 1 aromatic rings. The molecular weight excluding hydrogens is 430 g/mol. The highest BCUT2D eigenvalue weighted by Crippen LogP contribution is 2.04. The maximum absolute atomic E-state index is 12.7. The molecule has 1 aromatic heterocycles. The van der Waals surface area contributed by atoms with Crippen LogP contribution in [0.25, 0.3) is 0 Å². The lowest BCUT2D eigenvalue weighted by Gasteiger charge is -2.24. The standard InChI is InChI=1S/C17H27N7O6S/c1-8(18)14(26)24-12(6-31)16(28)22-10(2-3-13(19)25)15(27)23-11(17(29)30)4-9-5-20-7-21-9/h5,7-8,10-12,31H,2-4,6,18H2,1H3,(H2,19,25)(H,20,21)(H,22,28)(H,23,27)(H,24,26)(H,29,30). The number of nitrogens with one attached hydrogen (secondary N) is 4. The Morgan fingerprint density at radius 2 is 1.68 bits per heavy atom. The number of hydrogen-bond acceptors (Lipinski definition) is 8. The summed E-state index contributed by atoms with van der Waals surface area (Å²) in [5.41, 5.74) is 11.1. The number of nitrogens with two attached hydrogens (primary N) is 2. The van der Waals surface area contributed by atoms with Crippen molar-refractivity contribution in [1.29, 1.82) is 0 Å². The summed E-state index contributed by atoms with van der Waals surface area (Å²) in [6.45, 7) is 1.43. The molecule has 0 bridgehead atoms. The third-order valence-electron chi connectivity index (χ3n) is 4.13. The van der Waals surface area contributed by atoms with Crippen molar-refractivity contribution in [2.75, 3.05) is 5.75 Å². The number of aromatic amines is 1. The van der Waals surface area contributed by atoms with E-state index in [9.17, 15) is 29.1 Å². The molecule has 1 heterocycles. The smallest absolute Gasteiger partial charge is 0.326 e. The van der Waals surface area contributed by atoms with Gasteiger partial charge >= 0.3 is 5.97 Å². The summed E-state index contributed by atoms with van der Waals surface area (Å²) in [5.74, 6) is -4.30. The van der Waals surface area contributed by atoms with Crippen molar-refractivity contribution in [2.45, 2.75) is 50.4 Å². The lowest BCUT2D eigenvalue weighted by molar-refractivity contribution is -0.142. The average molecular weight is 458 g/mol. The van der Waals surface area contributed by atoms with Gasteiger partial charge in [-0.3, -0.25) is 19.2 Å². The number of carbonyl (C=O) groups excluding carboxylic acids is 4. The second-order valence-electron chi connectivity index (χ2n) is 6.78. The van der Waals surface area contributed by atoms with Crippen molar-refractivity contribution in [3.05, 3.63) is 18.2 Å². The molecule has 31 heavy (non-hydrogen) atoms. The lowest BCUT2D eigenvalue weighted by atomic mass is 10.1. The van der Waals surface area contributed by atoms with Gasteiger partial charge in [-0.05, 0) is 13.3 Å². The number of imidazole rings is 1. The third-order valence-corrected chi connectivity index (χ3v) is 4.50. The van der Waals surface area contributed by atoms with Gasteiger partial charge in [0, 0.05) is 30.5 Å². The normalized spacial score (nSPS) is 14.5. The van der Waals surface area contributed by atoms with E-state index in [1.807, 2.05) is 0 Å². The van der Waals surface area contributed by atoms with Crippen LogP contribution in [0.5, 0.6) is 0 Å². The Labute approximate surface area is 183 Å². The van der Waals surface area contributed by atoms with Gasteiger partial charge in [0.05, 0.1) is 12.4 Å². The molecule has 0 aliphatic heterocycles. The van der Waals surface area contributed by atoms with E-state index < -0.39 is 53.8 Å². The topological polar surface area (TPSA) is 222 Å². The highest BCUT2D eigenvalue weighted by atomic mass is 32.1. The molecule has 13 nitrogen and oxygen atoms in total. The number of carbonyl (C=O) groups is 5. The van der Waals surface area contributed by atoms with Gasteiger partial charge in [-0.2, -0.15) is 12.6 Å². The molecule has 0 saturated heterocycles. The van der Waals surface area contributed by atoms with Gasteiger partial charge in [0.25, 0.3) is 0 Å². The fourth-order valence-corrected chi connectivity index (χ4v) is 2.67. The second kappa shape index (κ2) is 12.5. The van der Waals surface area contributed by atoms with Crippen molar-refractivity contribution < 1.29 is 29.1 Å². The number of aromatic nitrogens is 2. The lowest BCUT2D eigenvalue weighted by Crippen LogP contribution is -2.57. The fraction of sp³-hybridized carbons (Fsp3) is 0.529. The first-order valence-corrected chi connectivity index (χ1v) is 9.94. The van der Waals surface area contributed by atoms with E-state index in [4.69, 9.17) is 11.5 Å². The minimum Gasteiger partial charge on any atom is -0.480 e. The van der Waals surface area contributed by atoms with E-state index in [-0.39, 0.29) is 25.0 Å². The van der Waals surface area contributed by atoms with Crippen molar-refractivity contribution in [2.24, 2.45) is 11.5 Å². The minimum absolute atomic E-state index is 0.0821. The molecule has 0 fully saturated rings. The molecule has 4 amide bonds. The first kappa shape index (κ1) is 25.9. The number of aliphatic carboxylic acids is 1. The molecule has 4 unspecified atom stereocenters. The zero-order chi connectivity index (χ0) is 23.6. The van der Waals surface area contributed by atoms with Crippen molar-refractivity contribution in [3.63, 3.8) is 0 Å². The van der Waals surface area contributed by atoms with E-state index >= 15 is 0 Å².